The maximum absolute atomic E-state index is 12.4. The van der Waals surface area contributed by atoms with E-state index in [1.54, 1.807) is 4.52 Å². The second kappa shape index (κ2) is 5.31. The van der Waals surface area contributed by atoms with Crippen LogP contribution in [0.1, 0.15) is 21.7 Å². The normalized spacial score (nSPS) is 10.9. The van der Waals surface area contributed by atoms with Crippen molar-refractivity contribution in [1.82, 2.24) is 14.6 Å². The van der Waals surface area contributed by atoms with Crippen LogP contribution in [0.25, 0.3) is 5.65 Å². The Balaban J connectivity index is 2.01. The van der Waals surface area contributed by atoms with E-state index in [1.807, 2.05) is 19.9 Å². The number of phenols is 1. The van der Waals surface area contributed by atoms with E-state index in [9.17, 15) is 9.90 Å². The Bertz CT molecular complexity index is 889. The maximum Gasteiger partial charge on any atom is 0.261 e. The van der Waals surface area contributed by atoms with Gasteiger partial charge in [-0.3, -0.25) is 4.79 Å². The number of rotatable bonds is 2. The number of halogens is 1. The highest BCUT2D eigenvalue weighted by Crippen LogP contribution is 2.27. The number of nitrogens with one attached hydrogen (secondary N) is 1. The molecule has 6 nitrogen and oxygen atoms in total. The van der Waals surface area contributed by atoms with Crippen LogP contribution >= 0.6 is 11.6 Å². The average Bonchev–Trinajstić information content (AvgIpc) is 2.87. The second-order valence-electron chi connectivity index (χ2n) is 4.95. The van der Waals surface area contributed by atoms with E-state index in [4.69, 9.17) is 11.6 Å². The molecule has 0 fully saturated rings. The molecule has 22 heavy (non-hydrogen) atoms. The number of hydrogen-bond acceptors (Lipinski definition) is 4. The molecule has 1 aromatic carbocycles. The van der Waals surface area contributed by atoms with Crippen molar-refractivity contribution in [3.05, 3.63) is 52.4 Å². The van der Waals surface area contributed by atoms with E-state index in [1.165, 1.54) is 24.4 Å². The van der Waals surface area contributed by atoms with Gasteiger partial charge in [-0.2, -0.15) is 5.10 Å². The summed E-state index contributed by atoms with van der Waals surface area (Å²) in [6.07, 6.45) is 1.45. The van der Waals surface area contributed by atoms with Gasteiger partial charge in [0.25, 0.3) is 5.91 Å². The van der Waals surface area contributed by atoms with Crippen molar-refractivity contribution in [2.75, 3.05) is 5.32 Å². The van der Waals surface area contributed by atoms with Crippen molar-refractivity contribution in [3.8, 4) is 5.75 Å². The highest BCUT2D eigenvalue weighted by molar-refractivity contribution is 6.31. The standard InChI is InChI=1S/C15H13ClN4O2/c1-8-5-9(2)20-14(18-8)11(7-17-20)15(22)19-12-6-10(16)3-4-13(12)21/h3-7,21H,1-2H3,(H,19,22). The van der Waals surface area contributed by atoms with Gasteiger partial charge in [0.2, 0.25) is 0 Å². The average molecular weight is 317 g/mol. The molecule has 0 aliphatic carbocycles. The zero-order valence-electron chi connectivity index (χ0n) is 12.0. The molecule has 2 heterocycles. The van der Waals surface area contributed by atoms with Crippen LogP contribution in [0, 0.1) is 13.8 Å². The van der Waals surface area contributed by atoms with Crippen molar-refractivity contribution in [2.45, 2.75) is 13.8 Å². The molecule has 0 aliphatic heterocycles. The lowest BCUT2D eigenvalue weighted by Crippen LogP contribution is -2.12. The van der Waals surface area contributed by atoms with Gasteiger partial charge in [0.05, 0.1) is 11.9 Å². The number of amides is 1. The molecule has 0 atom stereocenters. The minimum absolute atomic E-state index is 0.0606. The quantitative estimate of drug-likeness (QED) is 0.712. The summed E-state index contributed by atoms with van der Waals surface area (Å²) >= 11 is 5.87. The molecule has 3 aromatic rings. The van der Waals surface area contributed by atoms with E-state index in [0.29, 0.717) is 16.2 Å². The maximum atomic E-state index is 12.4. The summed E-state index contributed by atoms with van der Waals surface area (Å²) in [5.41, 5.74) is 2.71. The monoisotopic (exact) mass is 316 g/mol. The molecule has 112 valence electrons. The first-order chi connectivity index (χ1) is 10.5. The highest BCUT2D eigenvalue weighted by Gasteiger charge is 2.17. The van der Waals surface area contributed by atoms with Gasteiger partial charge in [-0.05, 0) is 38.1 Å². The molecule has 0 bridgehead atoms. The number of fused-ring (bicyclic) bond motifs is 1. The molecular weight excluding hydrogens is 304 g/mol. The molecule has 0 radical (unpaired) electrons. The van der Waals surface area contributed by atoms with E-state index in [0.717, 1.165) is 11.4 Å². The van der Waals surface area contributed by atoms with Gasteiger partial charge in [-0.1, -0.05) is 11.6 Å². The van der Waals surface area contributed by atoms with Crippen molar-refractivity contribution >= 4 is 28.8 Å². The molecule has 0 unspecified atom stereocenters. The van der Waals surface area contributed by atoms with E-state index >= 15 is 0 Å². The fourth-order valence-corrected chi connectivity index (χ4v) is 2.40. The van der Waals surface area contributed by atoms with Gasteiger partial charge in [0.1, 0.15) is 11.3 Å². The van der Waals surface area contributed by atoms with Crippen LogP contribution < -0.4 is 5.32 Å². The summed E-state index contributed by atoms with van der Waals surface area (Å²) in [6, 6.07) is 6.31. The number of phenolic OH excluding ortho intramolecular Hbond substituents is 1. The Labute approximate surface area is 131 Å². The van der Waals surface area contributed by atoms with E-state index in [2.05, 4.69) is 15.4 Å². The van der Waals surface area contributed by atoms with Crippen molar-refractivity contribution in [2.24, 2.45) is 0 Å². The predicted molar refractivity (Wildman–Crippen MR) is 83.5 cm³/mol. The first-order valence-corrected chi connectivity index (χ1v) is 6.95. The van der Waals surface area contributed by atoms with Gasteiger partial charge in [0.15, 0.2) is 5.65 Å². The van der Waals surface area contributed by atoms with Crippen molar-refractivity contribution in [1.29, 1.82) is 0 Å². The van der Waals surface area contributed by atoms with Crippen LogP contribution in [-0.2, 0) is 0 Å². The number of anilines is 1. The number of carbonyl (C=O) groups is 1. The van der Waals surface area contributed by atoms with Gasteiger partial charge >= 0.3 is 0 Å². The lowest BCUT2D eigenvalue weighted by molar-refractivity contribution is 0.102. The number of nitrogens with zero attached hydrogens (tertiary/aromatic N) is 3. The molecule has 2 aromatic heterocycles. The zero-order valence-corrected chi connectivity index (χ0v) is 12.7. The summed E-state index contributed by atoms with van der Waals surface area (Å²) in [5.74, 6) is -0.473. The molecule has 0 aliphatic rings. The molecule has 2 N–H and O–H groups in total. The van der Waals surface area contributed by atoms with Gasteiger partial charge < -0.3 is 10.4 Å². The van der Waals surface area contributed by atoms with E-state index < -0.39 is 5.91 Å². The molecule has 3 rings (SSSR count). The Morgan fingerprint density at radius 3 is 2.86 bits per heavy atom. The minimum atomic E-state index is -0.412. The first-order valence-electron chi connectivity index (χ1n) is 6.57. The molecule has 1 amide bonds. The van der Waals surface area contributed by atoms with Gasteiger partial charge in [-0.15, -0.1) is 0 Å². The number of aromatic hydroxyl groups is 1. The zero-order chi connectivity index (χ0) is 15.9. The van der Waals surface area contributed by atoms with Crippen LogP contribution in [0.15, 0.2) is 30.5 Å². The van der Waals surface area contributed by atoms with Crippen molar-refractivity contribution < 1.29 is 9.90 Å². The summed E-state index contributed by atoms with van der Waals surface area (Å²) in [5, 5.41) is 17.0. The minimum Gasteiger partial charge on any atom is -0.506 e. The van der Waals surface area contributed by atoms with Crippen LogP contribution in [0.3, 0.4) is 0 Å². The Hall–Kier alpha value is -2.60. The number of aryl methyl sites for hydroxylation is 2. The van der Waals surface area contributed by atoms with Crippen LogP contribution in [0.2, 0.25) is 5.02 Å². The second-order valence-corrected chi connectivity index (χ2v) is 5.38. The molecule has 7 heteroatoms. The molecule has 0 saturated carbocycles. The Morgan fingerprint density at radius 2 is 2.09 bits per heavy atom. The molecule has 0 saturated heterocycles. The van der Waals surface area contributed by atoms with Crippen LogP contribution in [0.5, 0.6) is 5.75 Å². The number of hydrogen-bond donors (Lipinski definition) is 2. The largest absolute Gasteiger partial charge is 0.506 e. The molecule has 0 spiro atoms. The smallest absolute Gasteiger partial charge is 0.261 e. The number of carbonyl (C=O) groups excluding carboxylic acids is 1. The third-order valence-electron chi connectivity index (χ3n) is 3.23. The van der Waals surface area contributed by atoms with Crippen molar-refractivity contribution in [3.63, 3.8) is 0 Å². The lowest BCUT2D eigenvalue weighted by atomic mass is 10.2. The van der Waals surface area contributed by atoms with E-state index in [-0.39, 0.29) is 11.4 Å². The lowest BCUT2D eigenvalue weighted by Gasteiger charge is -2.07. The topological polar surface area (TPSA) is 79.5 Å². The summed E-state index contributed by atoms with van der Waals surface area (Å²) in [4.78, 5) is 16.8. The Morgan fingerprint density at radius 1 is 1.32 bits per heavy atom. The SMILES string of the molecule is Cc1cc(C)n2ncc(C(=O)Nc3cc(Cl)ccc3O)c2n1. The predicted octanol–water partition coefficient (Wildman–Crippen LogP) is 2.96. The summed E-state index contributed by atoms with van der Waals surface area (Å²) in [6.45, 7) is 3.74. The highest BCUT2D eigenvalue weighted by atomic mass is 35.5. The number of benzene rings is 1. The van der Waals surface area contributed by atoms with Crippen LogP contribution in [-0.4, -0.2) is 25.6 Å². The summed E-state index contributed by atoms with van der Waals surface area (Å²) in [7, 11) is 0. The van der Waals surface area contributed by atoms with Crippen LogP contribution in [0.4, 0.5) is 5.69 Å². The fraction of sp³-hybridized carbons (Fsp3) is 0.133. The Kier molecular flexibility index (Phi) is 3.46. The third kappa shape index (κ3) is 2.48. The summed E-state index contributed by atoms with van der Waals surface area (Å²) < 4.78 is 1.60. The first kappa shape index (κ1) is 14.3. The molecular formula is C15H13ClN4O2. The third-order valence-corrected chi connectivity index (χ3v) is 3.46. The van der Waals surface area contributed by atoms with Gasteiger partial charge in [-0.25, -0.2) is 9.50 Å². The fourth-order valence-electron chi connectivity index (χ4n) is 2.23. The van der Waals surface area contributed by atoms with Gasteiger partial charge in [0, 0.05) is 16.4 Å². The number of aromatic nitrogens is 3.